The first-order valence-electron chi connectivity index (χ1n) is 7.59. The summed E-state index contributed by atoms with van der Waals surface area (Å²) in [7, 11) is 0. The second-order valence-corrected chi connectivity index (χ2v) is 6.62. The third-order valence-electron chi connectivity index (χ3n) is 3.05. The van der Waals surface area contributed by atoms with Crippen molar-refractivity contribution in [2.75, 3.05) is 5.32 Å². The standard InChI is InChI=1S/C17H16F3N3O2S/c1-10(2)22-14(24)11-5-7-12(8-6-11)23-15(25)13-4-3-9-21-16(13)26-17(18,19)20/h3-10H,1-2H3,(H,22,24)(H,23,25). The van der Waals surface area contributed by atoms with Crippen LogP contribution in [0.5, 0.6) is 0 Å². The Morgan fingerprint density at radius 1 is 1.08 bits per heavy atom. The lowest BCUT2D eigenvalue weighted by Gasteiger charge is -2.11. The summed E-state index contributed by atoms with van der Waals surface area (Å²) in [4.78, 5) is 27.8. The molecule has 0 aliphatic heterocycles. The zero-order valence-electron chi connectivity index (χ0n) is 13.9. The largest absolute Gasteiger partial charge is 0.447 e. The van der Waals surface area contributed by atoms with Crippen LogP contribution in [0.3, 0.4) is 0 Å². The number of hydrogen-bond acceptors (Lipinski definition) is 4. The maximum atomic E-state index is 12.6. The number of hydrogen-bond donors (Lipinski definition) is 2. The number of carbonyl (C=O) groups excluding carboxylic acids is 2. The van der Waals surface area contributed by atoms with Gasteiger partial charge in [0.05, 0.1) is 5.56 Å². The smallest absolute Gasteiger partial charge is 0.350 e. The van der Waals surface area contributed by atoms with Crippen LogP contribution in [0.25, 0.3) is 0 Å². The Morgan fingerprint density at radius 2 is 1.73 bits per heavy atom. The van der Waals surface area contributed by atoms with Crippen LogP contribution >= 0.6 is 11.8 Å². The van der Waals surface area contributed by atoms with Gasteiger partial charge in [-0.2, -0.15) is 13.2 Å². The van der Waals surface area contributed by atoms with Crippen molar-refractivity contribution in [2.24, 2.45) is 0 Å². The van der Waals surface area contributed by atoms with Crippen LogP contribution in [0.1, 0.15) is 34.6 Å². The fraction of sp³-hybridized carbons (Fsp3) is 0.235. The van der Waals surface area contributed by atoms with Crippen molar-refractivity contribution >= 4 is 29.3 Å². The maximum Gasteiger partial charge on any atom is 0.447 e. The fourth-order valence-electron chi connectivity index (χ4n) is 2.00. The highest BCUT2D eigenvalue weighted by Gasteiger charge is 2.32. The quantitative estimate of drug-likeness (QED) is 0.763. The molecular formula is C17H16F3N3O2S. The minimum Gasteiger partial charge on any atom is -0.350 e. The molecule has 1 heterocycles. The van der Waals surface area contributed by atoms with Gasteiger partial charge >= 0.3 is 5.51 Å². The van der Waals surface area contributed by atoms with Gasteiger partial charge in [0.1, 0.15) is 5.03 Å². The Balaban J connectivity index is 2.12. The molecule has 1 aromatic heterocycles. The SMILES string of the molecule is CC(C)NC(=O)c1ccc(NC(=O)c2cccnc2SC(F)(F)F)cc1. The average Bonchev–Trinajstić information content (AvgIpc) is 2.53. The van der Waals surface area contributed by atoms with Gasteiger partial charge in [-0.25, -0.2) is 4.98 Å². The van der Waals surface area contributed by atoms with E-state index in [2.05, 4.69) is 15.6 Å². The average molecular weight is 383 g/mol. The Kier molecular flexibility index (Phi) is 6.25. The van der Waals surface area contributed by atoms with E-state index in [1.165, 1.54) is 42.6 Å². The molecule has 9 heteroatoms. The summed E-state index contributed by atoms with van der Waals surface area (Å²) in [6.45, 7) is 3.66. The molecule has 26 heavy (non-hydrogen) atoms. The number of nitrogens with one attached hydrogen (secondary N) is 2. The van der Waals surface area contributed by atoms with E-state index in [4.69, 9.17) is 0 Å². The molecule has 0 saturated heterocycles. The topological polar surface area (TPSA) is 71.1 Å². The molecule has 2 aromatic rings. The van der Waals surface area contributed by atoms with E-state index in [1.807, 2.05) is 13.8 Å². The number of amides is 2. The Morgan fingerprint density at radius 3 is 2.31 bits per heavy atom. The third kappa shape index (κ3) is 5.76. The molecule has 2 rings (SSSR count). The van der Waals surface area contributed by atoms with Gasteiger partial charge in [-0.15, -0.1) is 0 Å². The molecule has 2 N–H and O–H groups in total. The predicted molar refractivity (Wildman–Crippen MR) is 93.1 cm³/mol. The monoisotopic (exact) mass is 383 g/mol. The van der Waals surface area contributed by atoms with Crippen molar-refractivity contribution in [2.45, 2.75) is 30.4 Å². The highest BCUT2D eigenvalue weighted by atomic mass is 32.2. The molecule has 0 bridgehead atoms. The molecule has 138 valence electrons. The van der Waals surface area contributed by atoms with Gasteiger partial charge in [0.15, 0.2) is 0 Å². The van der Waals surface area contributed by atoms with Gasteiger partial charge in [0, 0.05) is 35.3 Å². The summed E-state index contributed by atoms with van der Waals surface area (Å²) in [6, 6.07) is 8.66. The van der Waals surface area contributed by atoms with Crippen molar-refractivity contribution < 1.29 is 22.8 Å². The summed E-state index contributed by atoms with van der Waals surface area (Å²) in [6.07, 6.45) is 1.19. The number of halogens is 3. The normalized spacial score (nSPS) is 11.3. The number of nitrogens with zero attached hydrogens (tertiary/aromatic N) is 1. The fourth-order valence-corrected chi connectivity index (χ4v) is 2.61. The van der Waals surface area contributed by atoms with Crippen LogP contribution in [0.4, 0.5) is 18.9 Å². The number of benzene rings is 1. The maximum absolute atomic E-state index is 12.6. The van der Waals surface area contributed by atoms with E-state index < -0.39 is 28.2 Å². The zero-order valence-corrected chi connectivity index (χ0v) is 14.7. The van der Waals surface area contributed by atoms with Crippen LogP contribution in [-0.4, -0.2) is 28.3 Å². The first kappa shape index (κ1) is 19.8. The van der Waals surface area contributed by atoms with E-state index in [0.717, 1.165) is 0 Å². The van der Waals surface area contributed by atoms with Crippen LogP contribution in [-0.2, 0) is 0 Å². The number of thioether (sulfide) groups is 1. The van der Waals surface area contributed by atoms with Crippen LogP contribution < -0.4 is 10.6 Å². The summed E-state index contributed by atoms with van der Waals surface area (Å²) in [5.74, 6) is -0.974. The number of carbonyl (C=O) groups is 2. The number of anilines is 1. The lowest BCUT2D eigenvalue weighted by Crippen LogP contribution is -2.30. The van der Waals surface area contributed by atoms with Crippen molar-refractivity contribution in [3.8, 4) is 0 Å². The highest BCUT2D eigenvalue weighted by Crippen LogP contribution is 2.37. The molecule has 2 amide bonds. The molecule has 0 saturated carbocycles. The van der Waals surface area contributed by atoms with Crippen molar-refractivity contribution in [1.82, 2.24) is 10.3 Å². The van der Waals surface area contributed by atoms with Crippen LogP contribution in [0.2, 0.25) is 0 Å². The summed E-state index contributed by atoms with van der Waals surface area (Å²) in [5.41, 5.74) is -3.97. The zero-order chi connectivity index (χ0) is 19.3. The summed E-state index contributed by atoms with van der Waals surface area (Å²) < 4.78 is 37.7. The van der Waals surface area contributed by atoms with E-state index >= 15 is 0 Å². The van der Waals surface area contributed by atoms with Gasteiger partial charge in [-0.1, -0.05) is 0 Å². The van der Waals surface area contributed by atoms with Gasteiger partial charge in [-0.3, -0.25) is 9.59 Å². The summed E-state index contributed by atoms with van der Waals surface area (Å²) in [5, 5.41) is 4.80. The van der Waals surface area contributed by atoms with E-state index in [-0.39, 0.29) is 17.5 Å². The Bertz CT molecular complexity index is 793. The van der Waals surface area contributed by atoms with Gasteiger partial charge in [-0.05, 0) is 50.2 Å². The molecule has 0 unspecified atom stereocenters. The number of rotatable bonds is 5. The summed E-state index contributed by atoms with van der Waals surface area (Å²) >= 11 is -0.447. The lowest BCUT2D eigenvalue weighted by molar-refractivity contribution is -0.0329. The van der Waals surface area contributed by atoms with Crippen molar-refractivity contribution in [3.05, 3.63) is 53.7 Å². The Hall–Kier alpha value is -2.55. The predicted octanol–water partition coefficient (Wildman–Crippen LogP) is 4.08. The Labute approximate surface area is 152 Å². The van der Waals surface area contributed by atoms with Crippen LogP contribution in [0.15, 0.2) is 47.6 Å². The van der Waals surface area contributed by atoms with Gasteiger partial charge < -0.3 is 10.6 Å². The molecule has 0 spiro atoms. The van der Waals surface area contributed by atoms with Gasteiger partial charge in [0.2, 0.25) is 0 Å². The first-order valence-corrected chi connectivity index (χ1v) is 8.40. The van der Waals surface area contributed by atoms with E-state index in [1.54, 1.807) is 0 Å². The molecule has 0 radical (unpaired) electrons. The third-order valence-corrected chi connectivity index (χ3v) is 3.80. The van der Waals surface area contributed by atoms with E-state index in [0.29, 0.717) is 11.3 Å². The number of pyridine rings is 1. The highest BCUT2D eigenvalue weighted by molar-refractivity contribution is 8.00. The van der Waals surface area contributed by atoms with E-state index in [9.17, 15) is 22.8 Å². The molecular weight excluding hydrogens is 367 g/mol. The van der Waals surface area contributed by atoms with Crippen molar-refractivity contribution in [3.63, 3.8) is 0 Å². The first-order chi connectivity index (χ1) is 12.2. The minimum absolute atomic E-state index is 0.0167. The number of alkyl halides is 3. The minimum atomic E-state index is -4.55. The van der Waals surface area contributed by atoms with Crippen molar-refractivity contribution in [1.29, 1.82) is 0 Å². The molecule has 1 aromatic carbocycles. The second kappa shape index (κ2) is 8.22. The molecule has 5 nitrogen and oxygen atoms in total. The lowest BCUT2D eigenvalue weighted by atomic mass is 10.1. The molecule has 0 fully saturated rings. The second-order valence-electron chi connectivity index (χ2n) is 5.56. The molecule has 0 aliphatic carbocycles. The molecule has 0 aliphatic rings. The van der Waals surface area contributed by atoms with Crippen LogP contribution in [0, 0.1) is 0 Å². The number of aromatic nitrogens is 1. The van der Waals surface area contributed by atoms with Gasteiger partial charge in [0.25, 0.3) is 11.8 Å². The molecule has 0 atom stereocenters.